The van der Waals surface area contributed by atoms with E-state index in [9.17, 15) is 0 Å². The van der Waals surface area contributed by atoms with Gasteiger partial charge in [0, 0.05) is 16.5 Å². The lowest BCUT2D eigenvalue weighted by Crippen LogP contribution is -2.17. The summed E-state index contributed by atoms with van der Waals surface area (Å²) < 4.78 is 0. The molecule has 0 saturated heterocycles. The highest BCUT2D eigenvalue weighted by atomic mass is 17.8. The number of unbranched alkanes of at least 4 members (excludes halogenated alkanes) is 5. The highest BCUT2D eigenvalue weighted by molar-refractivity contribution is 4.79. The van der Waals surface area contributed by atoms with E-state index >= 15 is 0 Å². The molecular formula is C16H30O6. The lowest BCUT2D eigenvalue weighted by atomic mass is 9.98. The van der Waals surface area contributed by atoms with Crippen LogP contribution in [-0.2, 0) is 29.9 Å². The van der Waals surface area contributed by atoms with Crippen LogP contribution in [-0.4, -0.2) is 6.10 Å². The minimum atomic E-state index is 0.0564. The van der Waals surface area contributed by atoms with Crippen LogP contribution >= 0.6 is 0 Å². The van der Waals surface area contributed by atoms with E-state index in [-0.39, 0.29) is 6.10 Å². The Morgan fingerprint density at radius 2 is 1.55 bits per heavy atom. The summed E-state index contributed by atoms with van der Waals surface area (Å²) in [5.41, 5.74) is 0. The summed E-state index contributed by atoms with van der Waals surface area (Å²) in [5, 5.41) is 17.3. The molecule has 1 fully saturated rings. The van der Waals surface area contributed by atoms with Crippen molar-refractivity contribution in [2.24, 2.45) is 0 Å². The second-order valence-electron chi connectivity index (χ2n) is 5.77. The Kier molecular flexibility index (Phi) is 12.3. The van der Waals surface area contributed by atoms with Gasteiger partial charge in [-0.25, -0.2) is 4.89 Å². The maximum absolute atomic E-state index is 5.00. The van der Waals surface area contributed by atoms with Crippen molar-refractivity contribution < 1.29 is 29.9 Å². The molecule has 0 bridgehead atoms. The zero-order chi connectivity index (χ0) is 15.9. The van der Waals surface area contributed by atoms with E-state index in [1.807, 2.05) is 0 Å². The molecule has 0 aromatic carbocycles. The van der Waals surface area contributed by atoms with Gasteiger partial charge in [0.05, 0.1) is 6.10 Å². The van der Waals surface area contributed by atoms with Gasteiger partial charge in [0.1, 0.15) is 5.76 Å². The zero-order valence-electron chi connectivity index (χ0n) is 13.7. The molecule has 1 aliphatic carbocycles. The smallest absolute Gasteiger partial charge is 0.138 e. The Hall–Kier alpha value is -0.660. The van der Waals surface area contributed by atoms with Crippen molar-refractivity contribution in [3.05, 3.63) is 12.3 Å². The first-order chi connectivity index (χ1) is 10.8. The summed E-state index contributed by atoms with van der Waals surface area (Å²) in [6.07, 6.45) is 13.5. The number of allylic oxidation sites excluding steroid dienone is 1. The predicted octanol–water partition coefficient (Wildman–Crippen LogP) is 5.26. The molecular weight excluding hydrogens is 288 g/mol. The molecule has 6 nitrogen and oxygen atoms in total. The van der Waals surface area contributed by atoms with E-state index < -0.39 is 0 Å². The summed E-state index contributed by atoms with van der Waals surface area (Å²) in [4.78, 5) is 9.78. The Morgan fingerprint density at radius 3 is 2.32 bits per heavy atom. The van der Waals surface area contributed by atoms with Crippen LogP contribution in [0.1, 0.15) is 84.0 Å². The normalized spacial score (nSPS) is 15.9. The Bertz CT molecular complexity index is 265. The molecule has 22 heavy (non-hydrogen) atoms. The van der Waals surface area contributed by atoms with Crippen molar-refractivity contribution in [2.45, 2.75) is 90.1 Å². The first kappa shape index (κ1) is 19.4. The van der Waals surface area contributed by atoms with Gasteiger partial charge < -0.3 is 4.89 Å². The second kappa shape index (κ2) is 14.0. The number of hydrogen-bond acceptors (Lipinski definition) is 6. The fraction of sp³-hybridized carbons (Fsp3) is 0.875. The Balaban J connectivity index is 1.80. The quantitative estimate of drug-likeness (QED) is 0.188. The van der Waals surface area contributed by atoms with Crippen molar-refractivity contribution in [1.29, 1.82) is 0 Å². The van der Waals surface area contributed by atoms with Crippen LogP contribution in [0.5, 0.6) is 0 Å². The molecule has 1 saturated carbocycles. The molecule has 0 aromatic heterocycles. The van der Waals surface area contributed by atoms with Gasteiger partial charge in [-0.3, -0.25) is 0 Å². The third-order valence-corrected chi connectivity index (χ3v) is 3.77. The molecule has 0 aromatic rings. The second-order valence-corrected chi connectivity index (χ2v) is 5.77. The van der Waals surface area contributed by atoms with Crippen molar-refractivity contribution in [3.8, 4) is 0 Å². The van der Waals surface area contributed by atoms with Gasteiger partial charge >= 0.3 is 0 Å². The monoisotopic (exact) mass is 318 g/mol. The standard InChI is InChI=1S/C16H30O6/c1-3-4-5-6-7-9-12-15(2)17-19-21-22-20-18-16-13-10-8-11-14-16/h16H,2-14H2,1H3. The van der Waals surface area contributed by atoms with E-state index in [0.717, 1.165) is 44.9 Å². The van der Waals surface area contributed by atoms with Crippen LogP contribution in [0.4, 0.5) is 0 Å². The highest BCUT2D eigenvalue weighted by Gasteiger charge is 2.15. The van der Waals surface area contributed by atoms with E-state index in [1.54, 1.807) is 0 Å². The highest BCUT2D eigenvalue weighted by Crippen LogP contribution is 2.20. The Morgan fingerprint density at radius 1 is 0.864 bits per heavy atom. The largest absolute Gasteiger partial charge is 0.311 e. The third-order valence-electron chi connectivity index (χ3n) is 3.77. The molecule has 0 atom stereocenters. The maximum atomic E-state index is 5.00. The third kappa shape index (κ3) is 11.0. The van der Waals surface area contributed by atoms with E-state index in [1.165, 1.54) is 32.1 Å². The van der Waals surface area contributed by atoms with E-state index in [4.69, 9.17) is 9.78 Å². The molecule has 0 spiro atoms. The van der Waals surface area contributed by atoms with Gasteiger partial charge in [-0.15, -0.1) is 0 Å². The van der Waals surface area contributed by atoms with Crippen LogP contribution in [0.3, 0.4) is 0 Å². The topological polar surface area (TPSA) is 55.4 Å². The Labute approximate surface area is 133 Å². The van der Waals surface area contributed by atoms with Gasteiger partial charge in [-0.05, 0) is 29.3 Å². The van der Waals surface area contributed by atoms with Gasteiger partial charge in [-0.1, -0.05) is 64.9 Å². The number of rotatable bonds is 14. The molecule has 0 aliphatic heterocycles. The minimum absolute atomic E-state index is 0.0564. The molecule has 0 amide bonds. The van der Waals surface area contributed by atoms with Crippen LogP contribution in [0.15, 0.2) is 12.3 Å². The fourth-order valence-electron chi connectivity index (χ4n) is 2.46. The maximum Gasteiger partial charge on any atom is 0.138 e. The SMILES string of the molecule is C=C(CCCCCCCC)OOOOOOC1CCCCC1. The lowest BCUT2D eigenvalue weighted by molar-refractivity contribution is -0.756. The summed E-state index contributed by atoms with van der Waals surface area (Å²) >= 11 is 0. The molecule has 1 aliphatic rings. The van der Waals surface area contributed by atoms with Crippen LogP contribution in [0.25, 0.3) is 0 Å². The van der Waals surface area contributed by atoms with Crippen molar-refractivity contribution >= 4 is 0 Å². The van der Waals surface area contributed by atoms with Crippen molar-refractivity contribution in [3.63, 3.8) is 0 Å². The predicted molar refractivity (Wildman–Crippen MR) is 80.5 cm³/mol. The summed E-state index contributed by atoms with van der Waals surface area (Å²) in [7, 11) is 0. The minimum Gasteiger partial charge on any atom is -0.311 e. The van der Waals surface area contributed by atoms with E-state index in [0.29, 0.717) is 5.76 Å². The van der Waals surface area contributed by atoms with E-state index in [2.05, 4.69) is 33.7 Å². The molecule has 130 valence electrons. The number of hydrogen-bond donors (Lipinski definition) is 0. The molecule has 0 N–H and O–H groups in total. The lowest BCUT2D eigenvalue weighted by Gasteiger charge is -2.18. The molecule has 0 heterocycles. The van der Waals surface area contributed by atoms with Gasteiger partial charge in [0.25, 0.3) is 0 Å². The van der Waals surface area contributed by atoms with Gasteiger partial charge in [0.2, 0.25) is 0 Å². The fourth-order valence-corrected chi connectivity index (χ4v) is 2.46. The zero-order valence-corrected chi connectivity index (χ0v) is 13.7. The first-order valence-electron chi connectivity index (χ1n) is 8.50. The molecule has 0 unspecified atom stereocenters. The molecule has 6 heteroatoms. The van der Waals surface area contributed by atoms with Crippen molar-refractivity contribution in [2.75, 3.05) is 0 Å². The van der Waals surface area contributed by atoms with Gasteiger partial charge in [0.15, 0.2) is 0 Å². The average Bonchev–Trinajstić information content (AvgIpc) is 2.55. The average molecular weight is 318 g/mol. The molecule has 0 radical (unpaired) electrons. The summed E-state index contributed by atoms with van der Waals surface area (Å²) in [6.45, 7) is 5.93. The first-order valence-corrected chi connectivity index (χ1v) is 8.50. The van der Waals surface area contributed by atoms with Gasteiger partial charge in [-0.2, -0.15) is 0 Å². The van der Waals surface area contributed by atoms with Crippen LogP contribution in [0.2, 0.25) is 0 Å². The summed E-state index contributed by atoms with van der Waals surface area (Å²) in [6, 6.07) is 0. The van der Waals surface area contributed by atoms with Crippen molar-refractivity contribution in [1.82, 2.24) is 0 Å². The van der Waals surface area contributed by atoms with Crippen LogP contribution in [0, 0.1) is 0 Å². The van der Waals surface area contributed by atoms with Crippen LogP contribution < -0.4 is 0 Å². The summed E-state index contributed by atoms with van der Waals surface area (Å²) in [5.74, 6) is 0.493. The molecule has 1 rings (SSSR count).